The van der Waals surface area contributed by atoms with E-state index in [-0.39, 0.29) is 16.5 Å². The van der Waals surface area contributed by atoms with Crippen LogP contribution in [0.15, 0.2) is 85.2 Å². The van der Waals surface area contributed by atoms with Crippen molar-refractivity contribution >= 4 is 40.4 Å². The van der Waals surface area contributed by atoms with Crippen LogP contribution in [0.1, 0.15) is 51.4 Å². The molecule has 1 N–H and O–H groups in total. The zero-order valence-electron chi connectivity index (χ0n) is 21.5. The minimum atomic E-state index is -0.550. The van der Waals surface area contributed by atoms with E-state index in [0.717, 1.165) is 48.0 Å². The summed E-state index contributed by atoms with van der Waals surface area (Å²) in [5, 5.41) is 2.87. The highest BCUT2D eigenvalue weighted by atomic mass is 35.5. The number of hydrogen-bond acceptors (Lipinski definition) is 3. The summed E-state index contributed by atoms with van der Waals surface area (Å²) in [7, 11) is 1.98. The van der Waals surface area contributed by atoms with Gasteiger partial charge in [-0.05, 0) is 85.4 Å². The van der Waals surface area contributed by atoms with E-state index in [1.54, 1.807) is 30.5 Å². The van der Waals surface area contributed by atoms with E-state index in [9.17, 15) is 14.0 Å². The second-order valence-corrected chi connectivity index (χ2v) is 9.88. The predicted octanol–water partition coefficient (Wildman–Crippen LogP) is 6.92. The van der Waals surface area contributed by atoms with Crippen LogP contribution in [-0.2, 0) is 13.5 Å². The van der Waals surface area contributed by atoms with E-state index in [1.165, 1.54) is 12.1 Å². The van der Waals surface area contributed by atoms with E-state index in [2.05, 4.69) is 22.4 Å². The molecule has 1 aromatic heterocycles. The van der Waals surface area contributed by atoms with Crippen molar-refractivity contribution in [2.45, 2.75) is 25.7 Å². The fraction of sp³-hybridized carbons (Fsp3) is 0.194. The summed E-state index contributed by atoms with van der Waals surface area (Å²) < 4.78 is 15.6. The van der Waals surface area contributed by atoms with Gasteiger partial charge in [-0.2, -0.15) is 0 Å². The molecule has 5 rings (SSSR count). The van der Waals surface area contributed by atoms with Crippen molar-refractivity contribution in [1.82, 2.24) is 9.55 Å². The van der Waals surface area contributed by atoms with Gasteiger partial charge < -0.3 is 14.8 Å². The lowest BCUT2D eigenvalue weighted by molar-refractivity contribution is 0.0986. The first-order valence-electron chi connectivity index (χ1n) is 12.8. The minimum absolute atomic E-state index is 0.0395. The van der Waals surface area contributed by atoms with Crippen LogP contribution in [0.4, 0.5) is 15.8 Å². The van der Waals surface area contributed by atoms with Crippen molar-refractivity contribution in [3.63, 3.8) is 0 Å². The Morgan fingerprint density at radius 1 is 1.03 bits per heavy atom. The van der Waals surface area contributed by atoms with Gasteiger partial charge in [-0.3, -0.25) is 9.59 Å². The number of hydrogen-bond donors (Lipinski definition) is 1. The number of para-hydroxylation sites is 1. The number of benzene rings is 3. The monoisotopic (exact) mass is 542 g/mol. The zero-order valence-corrected chi connectivity index (χ0v) is 22.3. The van der Waals surface area contributed by atoms with Gasteiger partial charge in [0.15, 0.2) is 0 Å². The Hall–Kier alpha value is -4.23. The summed E-state index contributed by atoms with van der Waals surface area (Å²) in [5.74, 6) is -0.299. The van der Waals surface area contributed by atoms with Crippen LogP contribution in [0.3, 0.4) is 0 Å². The maximum Gasteiger partial charge on any atom is 0.258 e. The highest BCUT2D eigenvalue weighted by Gasteiger charge is 2.22. The van der Waals surface area contributed by atoms with E-state index in [0.29, 0.717) is 24.2 Å². The average Bonchev–Trinajstić information content (AvgIpc) is 3.37. The first kappa shape index (κ1) is 26.4. The normalized spacial score (nSPS) is 15.2. The third kappa shape index (κ3) is 5.94. The standard InChI is InChI=1S/C31H28ClFN4O2/c1-36-19-17-34-29(36)22-8-3-2-6-21-7-4-5-9-28(21)37(18-16-22)31(39)23-10-13-25(14-11-23)35-30(38)26-20-24(33)12-15-27(26)32/h4-5,7-15,17,19-20H,2-3,6,16,18H2,1H3,(H,35,38)/b22-8+. The predicted molar refractivity (Wildman–Crippen MR) is 153 cm³/mol. The number of aryl methyl sites for hydroxylation is 2. The van der Waals surface area contributed by atoms with Crippen molar-refractivity contribution in [3.8, 4) is 0 Å². The number of halogens is 2. The lowest BCUT2D eigenvalue weighted by Crippen LogP contribution is -2.33. The van der Waals surface area contributed by atoms with Crippen molar-refractivity contribution in [3.05, 3.63) is 119 Å². The first-order valence-corrected chi connectivity index (χ1v) is 13.2. The number of aromatic nitrogens is 2. The molecule has 0 saturated heterocycles. The summed E-state index contributed by atoms with van der Waals surface area (Å²) in [6.45, 7) is 0.491. The number of allylic oxidation sites excluding steroid dienone is 1. The molecule has 198 valence electrons. The van der Waals surface area contributed by atoms with Gasteiger partial charge in [0.2, 0.25) is 0 Å². The Morgan fingerprint density at radius 3 is 2.59 bits per heavy atom. The highest BCUT2D eigenvalue weighted by Crippen LogP contribution is 2.29. The summed E-state index contributed by atoms with van der Waals surface area (Å²) >= 11 is 6.06. The largest absolute Gasteiger partial charge is 0.334 e. The summed E-state index contributed by atoms with van der Waals surface area (Å²) in [5.41, 5.74) is 4.16. The van der Waals surface area contributed by atoms with Gasteiger partial charge in [-0.15, -0.1) is 0 Å². The quantitative estimate of drug-likeness (QED) is 0.304. The molecule has 1 aliphatic rings. The summed E-state index contributed by atoms with van der Waals surface area (Å²) in [4.78, 5) is 32.8. The molecule has 0 fully saturated rings. The molecule has 3 aromatic carbocycles. The smallest absolute Gasteiger partial charge is 0.258 e. The Bertz CT molecular complexity index is 1540. The number of imidazole rings is 1. The SMILES string of the molecule is Cn1ccnc1/C1=C/CCCc2ccccc2N(C(=O)c2ccc(NC(=O)c3cc(F)ccc3Cl)cc2)CC1. The lowest BCUT2D eigenvalue weighted by atomic mass is 10.00. The number of fused-ring (bicyclic) bond motifs is 1. The van der Waals surface area contributed by atoms with Gasteiger partial charge in [-0.1, -0.05) is 35.9 Å². The third-order valence-electron chi connectivity index (χ3n) is 6.84. The fourth-order valence-electron chi connectivity index (χ4n) is 4.82. The van der Waals surface area contributed by atoms with Crippen molar-refractivity contribution < 1.29 is 14.0 Å². The zero-order chi connectivity index (χ0) is 27.4. The van der Waals surface area contributed by atoms with Crippen LogP contribution in [0.5, 0.6) is 0 Å². The van der Waals surface area contributed by atoms with Gasteiger partial charge in [0.1, 0.15) is 11.6 Å². The molecule has 8 heteroatoms. The first-order chi connectivity index (χ1) is 18.9. The van der Waals surface area contributed by atoms with Gasteiger partial charge in [0.25, 0.3) is 11.8 Å². The molecule has 0 spiro atoms. The molecular weight excluding hydrogens is 515 g/mol. The highest BCUT2D eigenvalue weighted by molar-refractivity contribution is 6.34. The molecule has 6 nitrogen and oxygen atoms in total. The number of nitrogens with one attached hydrogen (secondary N) is 1. The summed E-state index contributed by atoms with van der Waals surface area (Å²) in [6, 6.07) is 18.3. The number of rotatable bonds is 4. The third-order valence-corrected chi connectivity index (χ3v) is 7.17. The number of carbonyl (C=O) groups is 2. The molecule has 0 atom stereocenters. The Kier molecular flexibility index (Phi) is 7.89. The van der Waals surface area contributed by atoms with Crippen molar-refractivity contribution in [2.75, 3.05) is 16.8 Å². The molecule has 0 aliphatic carbocycles. The number of anilines is 2. The molecular formula is C31H28ClFN4O2. The topological polar surface area (TPSA) is 67.2 Å². The molecule has 39 heavy (non-hydrogen) atoms. The van der Waals surface area contributed by atoms with Crippen LogP contribution in [0.25, 0.3) is 5.57 Å². The van der Waals surface area contributed by atoms with Gasteiger partial charge >= 0.3 is 0 Å². The fourth-order valence-corrected chi connectivity index (χ4v) is 5.02. The van der Waals surface area contributed by atoms with Crippen molar-refractivity contribution in [1.29, 1.82) is 0 Å². The van der Waals surface area contributed by atoms with E-state index < -0.39 is 11.7 Å². The van der Waals surface area contributed by atoms with E-state index >= 15 is 0 Å². The molecule has 0 saturated carbocycles. The van der Waals surface area contributed by atoms with Crippen LogP contribution in [-0.4, -0.2) is 27.9 Å². The number of amides is 2. The number of carbonyl (C=O) groups excluding carboxylic acids is 2. The maximum absolute atomic E-state index is 13.9. The molecule has 0 bridgehead atoms. The van der Waals surface area contributed by atoms with Crippen LogP contribution >= 0.6 is 11.6 Å². The van der Waals surface area contributed by atoms with Crippen LogP contribution in [0, 0.1) is 5.82 Å². The van der Waals surface area contributed by atoms with Gasteiger partial charge in [0, 0.05) is 42.9 Å². The second-order valence-electron chi connectivity index (χ2n) is 9.47. The Morgan fingerprint density at radius 2 is 1.82 bits per heavy atom. The van der Waals surface area contributed by atoms with Gasteiger partial charge in [0.05, 0.1) is 10.6 Å². The minimum Gasteiger partial charge on any atom is -0.334 e. The van der Waals surface area contributed by atoms with Gasteiger partial charge in [-0.25, -0.2) is 9.37 Å². The van der Waals surface area contributed by atoms with Crippen LogP contribution in [0.2, 0.25) is 5.02 Å². The van der Waals surface area contributed by atoms with Crippen LogP contribution < -0.4 is 10.2 Å². The average molecular weight is 543 g/mol. The molecule has 2 amide bonds. The molecule has 0 unspecified atom stereocenters. The Labute approximate surface area is 231 Å². The number of nitrogens with zero attached hydrogens (tertiary/aromatic N) is 3. The molecule has 0 radical (unpaired) electrons. The van der Waals surface area contributed by atoms with E-state index in [4.69, 9.17) is 11.6 Å². The molecule has 2 heterocycles. The van der Waals surface area contributed by atoms with Crippen molar-refractivity contribution in [2.24, 2.45) is 7.05 Å². The lowest BCUT2D eigenvalue weighted by Gasteiger charge is -2.27. The second kappa shape index (κ2) is 11.7. The molecule has 4 aromatic rings. The molecule has 1 aliphatic heterocycles. The Balaban J connectivity index is 1.39. The van der Waals surface area contributed by atoms with E-state index in [1.807, 2.05) is 40.9 Å². The summed E-state index contributed by atoms with van der Waals surface area (Å²) in [6.07, 6.45) is 9.38. The maximum atomic E-state index is 13.9.